The van der Waals surface area contributed by atoms with Gasteiger partial charge in [-0.05, 0) is 49.2 Å². The highest BCUT2D eigenvalue weighted by molar-refractivity contribution is 7.99. The van der Waals surface area contributed by atoms with Crippen LogP contribution in [-0.4, -0.2) is 41.7 Å². The molecule has 3 rings (SSSR count). The third-order valence-corrected chi connectivity index (χ3v) is 4.72. The van der Waals surface area contributed by atoms with Gasteiger partial charge in [-0.1, -0.05) is 30.0 Å². The van der Waals surface area contributed by atoms with Crippen LogP contribution in [0.25, 0.3) is 11.1 Å². The van der Waals surface area contributed by atoms with Crippen molar-refractivity contribution in [1.82, 2.24) is 9.88 Å². The minimum Gasteiger partial charge on any atom is -0.492 e. The monoisotopic (exact) mass is 370 g/mol. The molecule has 26 heavy (non-hydrogen) atoms. The normalized spacial score (nSPS) is 10.9. The van der Waals surface area contributed by atoms with Crippen LogP contribution >= 0.6 is 11.8 Å². The van der Waals surface area contributed by atoms with Crippen molar-refractivity contribution in [2.24, 2.45) is 0 Å². The Kier molecular flexibility index (Phi) is 5.83. The first-order valence-electron chi connectivity index (χ1n) is 8.45. The number of hydrogen-bond donors (Lipinski definition) is 0. The highest BCUT2D eigenvalue weighted by Gasteiger charge is 2.12. The van der Waals surface area contributed by atoms with Gasteiger partial charge in [0.2, 0.25) is 5.91 Å². The van der Waals surface area contributed by atoms with Crippen LogP contribution in [0.2, 0.25) is 0 Å². The van der Waals surface area contributed by atoms with E-state index in [0.29, 0.717) is 18.4 Å². The average Bonchev–Trinajstić information content (AvgIpc) is 3.01. The van der Waals surface area contributed by atoms with Gasteiger partial charge in [-0.3, -0.25) is 4.79 Å². The number of fused-ring (bicyclic) bond motifs is 1. The molecule has 2 aromatic carbocycles. The van der Waals surface area contributed by atoms with E-state index in [-0.39, 0.29) is 11.7 Å². The molecule has 0 spiro atoms. The number of amides is 1. The van der Waals surface area contributed by atoms with Gasteiger partial charge in [-0.2, -0.15) is 0 Å². The van der Waals surface area contributed by atoms with E-state index in [1.54, 1.807) is 11.9 Å². The molecule has 0 aliphatic rings. The first kappa shape index (κ1) is 18.3. The number of oxazole rings is 1. The quantitative estimate of drug-likeness (QED) is 0.587. The highest BCUT2D eigenvalue weighted by atomic mass is 32.2. The summed E-state index contributed by atoms with van der Waals surface area (Å²) in [4.78, 5) is 18.3. The van der Waals surface area contributed by atoms with E-state index in [2.05, 4.69) is 11.1 Å². The zero-order valence-electron chi connectivity index (χ0n) is 15.2. The number of carbonyl (C=O) groups excluding carboxylic acids is 1. The second kappa shape index (κ2) is 8.27. The van der Waals surface area contributed by atoms with Crippen LogP contribution in [0, 0.1) is 13.8 Å². The summed E-state index contributed by atoms with van der Waals surface area (Å²) in [6.07, 6.45) is 0. The van der Waals surface area contributed by atoms with Crippen molar-refractivity contribution >= 4 is 28.8 Å². The predicted octanol–water partition coefficient (Wildman–Crippen LogP) is 4.07. The van der Waals surface area contributed by atoms with Gasteiger partial charge in [-0.15, -0.1) is 0 Å². The van der Waals surface area contributed by atoms with Gasteiger partial charge in [0.05, 0.1) is 12.3 Å². The summed E-state index contributed by atoms with van der Waals surface area (Å²) in [5.41, 5.74) is 3.87. The number of benzene rings is 2. The predicted molar refractivity (Wildman–Crippen MR) is 104 cm³/mol. The standard InChI is InChI=1S/C20H22N2O3S/c1-14-10-15(2)12-16(11-14)24-9-8-22(3)19(23)13-26-20-21-17-6-4-5-7-18(17)25-20/h4-7,10-12H,8-9,13H2,1-3H3. The number of carbonyl (C=O) groups is 1. The van der Waals surface area contributed by atoms with Crippen LogP contribution in [0.4, 0.5) is 0 Å². The number of aromatic nitrogens is 1. The molecule has 0 aliphatic carbocycles. The maximum absolute atomic E-state index is 12.3. The van der Waals surface area contributed by atoms with Gasteiger partial charge in [0, 0.05) is 7.05 Å². The number of nitrogens with zero attached hydrogens (tertiary/aromatic N) is 2. The van der Waals surface area contributed by atoms with Crippen molar-refractivity contribution in [2.75, 3.05) is 26.0 Å². The van der Waals surface area contributed by atoms with Gasteiger partial charge < -0.3 is 14.1 Å². The van der Waals surface area contributed by atoms with Gasteiger partial charge >= 0.3 is 0 Å². The molecule has 1 amide bonds. The van der Waals surface area contributed by atoms with E-state index in [1.165, 1.54) is 22.9 Å². The van der Waals surface area contributed by atoms with E-state index < -0.39 is 0 Å². The fourth-order valence-electron chi connectivity index (χ4n) is 2.59. The molecule has 0 atom stereocenters. The molecule has 1 aromatic heterocycles. The van der Waals surface area contributed by atoms with Gasteiger partial charge in [0.1, 0.15) is 17.9 Å². The third kappa shape index (κ3) is 4.79. The molecular formula is C20H22N2O3S. The zero-order valence-corrected chi connectivity index (χ0v) is 16.0. The third-order valence-electron chi connectivity index (χ3n) is 3.91. The molecule has 5 nitrogen and oxygen atoms in total. The zero-order chi connectivity index (χ0) is 18.5. The van der Waals surface area contributed by atoms with Gasteiger partial charge in [0.15, 0.2) is 5.58 Å². The maximum atomic E-state index is 12.3. The van der Waals surface area contributed by atoms with Crippen LogP contribution in [-0.2, 0) is 4.79 Å². The Hall–Kier alpha value is -2.47. The molecule has 0 N–H and O–H groups in total. The minimum atomic E-state index is 0.0151. The van der Waals surface area contributed by atoms with Gasteiger partial charge in [-0.25, -0.2) is 4.98 Å². The van der Waals surface area contributed by atoms with Crippen molar-refractivity contribution in [3.8, 4) is 5.75 Å². The largest absolute Gasteiger partial charge is 0.492 e. The van der Waals surface area contributed by atoms with Crippen LogP contribution in [0.1, 0.15) is 11.1 Å². The lowest BCUT2D eigenvalue weighted by molar-refractivity contribution is -0.127. The van der Waals surface area contributed by atoms with Crippen LogP contribution in [0.15, 0.2) is 52.1 Å². The van der Waals surface area contributed by atoms with E-state index in [9.17, 15) is 4.79 Å². The summed E-state index contributed by atoms with van der Waals surface area (Å²) >= 11 is 1.31. The number of ether oxygens (including phenoxy) is 1. The molecule has 0 saturated carbocycles. The number of thioether (sulfide) groups is 1. The molecule has 6 heteroatoms. The Morgan fingerprint density at radius 1 is 1.19 bits per heavy atom. The summed E-state index contributed by atoms with van der Waals surface area (Å²) in [6, 6.07) is 13.7. The van der Waals surface area contributed by atoms with E-state index in [4.69, 9.17) is 9.15 Å². The SMILES string of the molecule is Cc1cc(C)cc(OCCN(C)C(=O)CSc2nc3ccccc3o2)c1. The number of aryl methyl sites for hydroxylation is 2. The van der Waals surface area contributed by atoms with E-state index in [1.807, 2.05) is 50.2 Å². The summed E-state index contributed by atoms with van der Waals surface area (Å²) in [6.45, 7) is 5.07. The lowest BCUT2D eigenvalue weighted by atomic mass is 10.1. The molecule has 0 radical (unpaired) electrons. The smallest absolute Gasteiger partial charge is 0.257 e. The lowest BCUT2D eigenvalue weighted by Crippen LogP contribution is -2.32. The molecule has 0 aliphatic heterocycles. The maximum Gasteiger partial charge on any atom is 0.257 e. The van der Waals surface area contributed by atoms with Crippen LogP contribution < -0.4 is 4.74 Å². The van der Waals surface area contributed by atoms with Crippen molar-refractivity contribution in [3.63, 3.8) is 0 Å². The second-order valence-electron chi connectivity index (χ2n) is 6.22. The number of para-hydroxylation sites is 2. The lowest BCUT2D eigenvalue weighted by Gasteiger charge is -2.17. The fourth-order valence-corrected chi connectivity index (χ4v) is 3.37. The topological polar surface area (TPSA) is 55.6 Å². The van der Waals surface area contributed by atoms with Crippen LogP contribution in [0.3, 0.4) is 0 Å². The molecule has 0 saturated heterocycles. The van der Waals surface area contributed by atoms with E-state index in [0.717, 1.165) is 16.8 Å². The Balaban J connectivity index is 1.45. The van der Waals surface area contributed by atoms with Crippen molar-refractivity contribution in [1.29, 1.82) is 0 Å². The Morgan fingerprint density at radius 2 is 1.92 bits per heavy atom. The molecular weight excluding hydrogens is 348 g/mol. The summed E-state index contributed by atoms with van der Waals surface area (Å²) in [5.74, 6) is 1.14. The first-order chi connectivity index (χ1) is 12.5. The molecule has 0 unspecified atom stereocenters. The summed E-state index contributed by atoms with van der Waals surface area (Å²) < 4.78 is 11.4. The highest BCUT2D eigenvalue weighted by Crippen LogP contribution is 2.23. The van der Waals surface area contributed by atoms with Crippen molar-refractivity contribution < 1.29 is 13.9 Å². The molecule has 3 aromatic rings. The fraction of sp³-hybridized carbons (Fsp3) is 0.300. The van der Waals surface area contributed by atoms with Crippen molar-refractivity contribution in [2.45, 2.75) is 19.1 Å². The number of likely N-dealkylation sites (N-methyl/N-ethyl adjacent to an activating group) is 1. The molecule has 0 bridgehead atoms. The summed E-state index contributed by atoms with van der Waals surface area (Å²) in [5, 5.41) is 0.513. The van der Waals surface area contributed by atoms with Gasteiger partial charge in [0.25, 0.3) is 5.22 Å². The first-order valence-corrected chi connectivity index (χ1v) is 9.43. The Labute approximate surface area is 157 Å². The van der Waals surface area contributed by atoms with E-state index >= 15 is 0 Å². The summed E-state index contributed by atoms with van der Waals surface area (Å²) in [7, 11) is 1.78. The molecule has 0 fully saturated rings. The Morgan fingerprint density at radius 3 is 2.65 bits per heavy atom. The van der Waals surface area contributed by atoms with Crippen LogP contribution in [0.5, 0.6) is 5.75 Å². The molecule has 1 heterocycles. The number of rotatable bonds is 7. The average molecular weight is 370 g/mol. The molecule has 136 valence electrons. The van der Waals surface area contributed by atoms with Crippen molar-refractivity contribution in [3.05, 3.63) is 53.6 Å². The second-order valence-corrected chi connectivity index (χ2v) is 7.15. The minimum absolute atomic E-state index is 0.0151. The Bertz CT molecular complexity index is 854. The number of hydrogen-bond acceptors (Lipinski definition) is 5.